The van der Waals surface area contributed by atoms with Gasteiger partial charge >= 0.3 is 0 Å². The molecule has 0 radical (unpaired) electrons. The van der Waals surface area contributed by atoms with Gasteiger partial charge in [0.1, 0.15) is 0 Å². The van der Waals surface area contributed by atoms with Crippen molar-refractivity contribution in [3.05, 3.63) is 0 Å². The standard InChI is InChI=1S/C10H26N4O2/c1-16-9-10(15)8-14(6-3-12)7-5-13-4-2-11/h10,13,15H,2-9,11-12H2,1H3. The summed E-state index contributed by atoms with van der Waals surface area (Å²) in [7, 11) is 1.58. The minimum absolute atomic E-state index is 0.358. The predicted molar refractivity (Wildman–Crippen MR) is 65.3 cm³/mol. The van der Waals surface area contributed by atoms with E-state index < -0.39 is 6.10 Å². The quantitative estimate of drug-likeness (QED) is 0.303. The zero-order valence-corrected chi connectivity index (χ0v) is 10.2. The van der Waals surface area contributed by atoms with Gasteiger partial charge in [-0.3, -0.25) is 4.90 Å². The summed E-state index contributed by atoms with van der Waals surface area (Å²) in [5.41, 5.74) is 10.9. The molecule has 6 nitrogen and oxygen atoms in total. The number of nitrogens with two attached hydrogens (primary N) is 2. The highest BCUT2D eigenvalue weighted by Crippen LogP contribution is 1.92. The van der Waals surface area contributed by atoms with Gasteiger partial charge in [0.2, 0.25) is 0 Å². The Bertz CT molecular complexity index is 149. The van der Waals surface area contributed by atoms with Crippen molar-refractivity contribution in [1.29, 1.82) is 0 Å². The molecule has 0 spiro atoms. The second-order valence-corrected chi connectivity index (χ2v) is 3.74. The Balaban J connectivity index is 3.68. The van der Waals surface area contributed by atoms with E-state index in [9.17, 15) is 5.11 Å². The van der Waals surface area contributed by atoms with Crippen molar-refractivity contribution in [2.24, 2.45) is 11.5 Å². The third-order valence-corrected chi connectivity index (χ3v) is 2.20. The lowest BCUT2D eigenvalue weighted by Crippen LogP contribution is -2.41. The second-order valence-electron chi connectivity index (χ2n) is 3.74. The Morgan fingerprint density at radius 2 is 2.00 bits per heavy atom. The van der Waals surface area contributed by atoms with Crippen LogP contribution < -0.4 is 16.8 Å². The molecule has 6 N–H and O–H groups in total. The zero-order valence-electron chi connectivity index (χ0n) is 10.2. The molecule has 0 heterocycles. The van der Waals surface area contributed by atoms with Crippen molar-refractivity contribution in [3.8, 4) is 0 Å². The zero-order chi connectivity index (χ0) is 12.2. The van der Waals surface area contributed by atoms with Gasteiger partial charge in [-0.1, -0.05) is 0 Å². The first-order valence-corrected chi connectivity index (χ1v) is 5.74. The fraction of sp³-hybridized carbons (Fsp3) is 1.00. The van der Waals surface area contributed by atoms with E-state index in [2.05, 4.69) is 10.2 Å². The SMILES string of the molecule is COCC(O)CN(CCN)CCNCCN. The molecule has 0 aliphatic carbocycles. The van der Waals surface area contributed by atoms with Gasteiger partial charge in [-0.05, 0) is 0 Å². The van der Waals surface area contributed by atoms with Gasteiger partial charge in [-0.15, -0.1) is 0 Å². The van der Waals surface area contributed by atoms with E-state index in [1.54, 1.807) is 7.11 Å². The number of ether oxygens (including phenoxy) is 1. The smallest absolute Gasteiger partial charge is 0.0900 e. The maximum Gasteiger partial charge on any atom is 0.0900 e. The van der Waals surface area contributed by atoms with E-state index in [-0.39, 0.29) is 0 Å². The molecule has 0 bridgehead atoms. The fourth-order valence-corrected chi connectivity index (χ4v) is 1.48. The highest BCUT2D eigenvalue weighted by atomic mass is 16.5. The normalized spacial score (nSPS) is 13.3. The number of rotatable bonds is 11. The highest BCUT2D eigenvalue weighted by Gasteiger charge is 2.10. The Hall–Kier alpha value is -0.240. The third kappa shape index (κ3) is 9.02. The van der Waals surface area contributed by atoms with Crippen LogP contribution in [0.1, 0.15) is 0 Å². The maximum absolute atomic E-state index is 9.60. The number of hydrogen-bond acceptors (Lipinski definition) is 6. The molecule has 98 valence electrons. The minimum atomic E-state index is -0.453. The summed E-state index contributed by atoms with van der Waals surface area (Å²) in [6.45, 7) is 5.50. The Morgan fingerprint density at radius 1 is 1.25 bits per heavy atom. The summed E-state index contributed by atoms with van der Waals surface area (Å²) in [6.07, 6.45) is -0.453. The molecule has 1 atom stereocenters. The minimum Gasteiger partial charge on any atom is -0.389 e. The summed E-state index contributed by atoms with van der Waals surface area (Å²) in [4.78, 5) is 2.12. The molecule has 1 unspecified atom stereocenters. The number of methoxy groups -OCH3 is 1. The molecule has 6 heteroatoms. The summed E-state index contributed by atoms with van der Waals surface area (Å²) in [5.74, 6) is 0. The lowest BCUT2D eigenvalue weighted by molar-refractivity contribution is 0.0386. The monoisotopic (exact) mass is 234 g/mol. The van der Waals surface area contributed by atoms with Crippen LogP contribution in [0.4, 0.5) is 0 Å². The highest BCUT2D eigenvalue weighted by molar-refractivity contribution is 4.66. The van der Waals surface area contributed by atoms with Crippen LogP contribution in [0.15, 0.2) is 0 Å². The molecule has 0 aliphatic rings. The van der Waals surface area contributed by atoms with Crippen LogP contribution in [0.3, 0.4) is 0 Å². The van der Waals surface area contributed by atoms with Crippen LogP contribution in [0, 0.1) is 0 Å². The van der Waals surface area contributed by atoms with Gasteiger partial charge < -0.3 is 26.6 Å². The molecule has 0 aromatic heterocycles. The molecular formula is C10H26N4O2. The average Bonchev–Trinajstić information content (AvgIpc) is 2.25. The number of nitrogens with zero attached hydrogens (tertiary/aromatic N) is 1. The molecule has 0 saturated carbocycles. The van der Waals surface area contributed by atoms with E-state index in [1.807, 2.05) is 0 Å². The Morgan fingerprint density at radius 3 is 2.56 bits per heavy atom. The van der Waals surface area contributed by atoms with Gasteiger partial charge in [-0.25, -0.2) is 0 Å². The van der Waals surface area contributed by atoms with Gasteiger partial charge in [0.15, 0.2) is 0 Å². The largest absolute Gasteiger partial charge is 0.389 e. The molecule has 0 saturated heterocycles. The van der Waals surface area contributed by atoms with Crippen molar-refractivity contribution in [2.45, 2.75) is 6.10 Å². The summed E-state index contributed by atoms with van der Waals surface area (Å²) < 4.78 is 4.89. The lowest BCUT2D eigenvalue weighted by Gasteiger charge is -2.24. The molecule has 16 heavy (non-hydrogen) atoms. The molecule has 0 aromatic rings. The number of aliphatic hydroxyl groups excluding tert-OH is 1. The summed E-state index contributed by atoms with van der Waals surface area (Å²) in [5, 5.41) is 12.8. The Labute approximate surface area is 97.9 Å². The predicted octanol–water partition coefficient (Wildman–Crippen LogP) is -2.20. The second kappa shape index (κ2) is 11.3. The van der Waals surface area contributed by atoms with E-state index >= 15 is 0 Å². The van der Waals surface area contributed by atoms with Crippen LogP contribution in [0.2, 0.25) is 0 Å². The lowest BCUT2D eigenvalue weighted by atomic mass is 10.3. The van der Waals surface area contributed by atoms with Crippen LogP contribution in [-0.2, 0) is 4.74 Å². The maximum atomic E-state index is 9.60. The van der Waals surface area contributed by atoms with Crippen LogP contribution in [-0.4, -0.2) is 75.6 Å². The summed E-state index contributed by atoms with van der Waals surface area (Å²) >= 11 is 0. The topological polar surface area (TPSA) is 96.8 Å². The molecular weight excluding hydrogens is 208 g/mol. The van der Waals surface area contributed by atoms with Crippen molar-refractivity contribution in [1.82, 2.24) is 10.2 Å². The molecule has 0 fully saturated rings. The van der Waals surface area contributed by atoms with Crippen molar-refractivity contribution < 1.29 is 9.84 Å². The van der Waals surface area contributed by atoms with Gasteiger partial charge in [0.25, 0.3) is 0 Å². The number of hydrogen-bond donors (Lipinski definition) is 4. The van der Waals surface area contributed by atoms with Crippen molar-refractivity contribution >= 4 is 0 Å². The third-order valence-electron chi connectivity index (χ3n) is 2.20. The molecule has 0 rings (SSSR count). The van der Waals surface area contributed by atoms with Crippen LogP contribution >= 0.6 is 0 Å². The first kappa shape index (κ1) is 15.8. The first-order valence-electron chi connectivity index (χ1n) is 5.74. The fourth-order valence-electron chi connectivity index (χ4n) is 1.48. The molecule has 0 aromatic carbocycles. The van der Waals surface area contributed by atoms with Gasteiger partial charge in [0, 0.05) is 52.9 Å². The van der Waals surface area contributed by atoms with E-state index in [0.29, 0.717) is 26.2 Å². The number of aliphatic hydroxyl groups is 1. The van der Waals surface area contributed by atoms with Crippen LogP contribution in [0.25, 0.3) is 0 Å². The molecule has 0 aliphatic heterocycles. The van der Waals surface area contributed by atoms with Crippen molar-refractivity contribution in [2.75, 3.05) is 59.5 Å². The first-order chi connectivity index (χ1) is 7.74. The number of nitrogens with one attached hydrogen (secondary N) is 1. The van der Waals surface area contributed by atoms with E-state index in [1.165, 1.54) is 0 Å². The average molecular weight is 234 g/mol. The van der Waals surface area contributed by atoms with Gasteiger partial charge in [-0.2, -0.15) is 0 Å². The van der Waals surface area contributed by atoms with E-state index in [0.717, 1.165) is 26.2 Å². The van der Waals surface area contributed by atoms with E-state index in [4.69, 9.17) is 16.2 Å². The molecule has 0 amide bonds. The summed E-state index contributed by atoms with van der Waals surface area (Å²) in [6, 6.07) is 0. The van der Waals surface area contributed by atoms with Crippen molar-refractivity contribution in [3.63, 3.8) is 0 Å². The Kier molecular flexibility index (Phi) is 11.1. The van der Waals surface area contributed by atoms with Crippen LogP contribution in [0.5, 0.6) is 0 Å². The van der Waals surface area contributed by atoms with Gasteiger partial charge in [0.05, 0.1) is 12.7 Å².